The molecule has 6 nitrogen and oxygen atoms in total. The molecule has 1 saturated heterocycles. The molecule has 1 aliphatic rings. The summed E-state index contributed by atoms with van der Waals surface area (Å²) < 4.78 is 38.9. The van der Waals surface area contributed by atoms with Crippen LogP contribution in [0.3, 0.4) is 0 Å². The first kappa shape index (κ1) is 22.6. The van der Waals surface area contributed by atoms with Gasteiger partial charge in [-0.1, -0.05) is 12.1 Å². The highest BCUT2D eigenvalue weighted by Gasteiger charge is 2.31. The molecule has 2 aromatic rings. The number of benzene rings is 2. The number of rotatable bonds is 5. The predicted molar refractivity (Wildman–Crippen MR) is 113 cm³/mol. The number of anilines is 2. The number of hydrogen-bond donors (Lipinski definition) is 2. The third-order valence-corrected chi connectivity index (χ3v) is 5.40. The number of piperazine rings is 1. The molecule has 31 heavy (non-hydrogen) atoms. The molecule has 1 heterocycles. The minimum Gasteiger partial charge on any atom is -0.369 e. The van der Waals surface area contributed by atoms with E-state index in [4.69, 9.17) is 0 Å². The Kier molecular flexibility index (Phi) is 6.84. The van der Waals surface area contributed by atoms with E-state index in [2.05, 4.69) is 10.6 Å². The minimum absolute atomic E-state index is 0.207. The largest absolute Gasteiger partial charge is 0.416 e. The van der Waals surface area contributed by atoms with Crippen LogP contribution in [0.2, 0.25) is 0 Å². The highest BCUT2D eigenvalue weighted by Crippen LogP contribution is 2.32. The third kappa shape index (κ3) is 5.55. The molecular formula is C22H25F3N4O2. The van der Waals surface area contributed by atoms with E-state index in [0.717, 1.165) is 12.1 Å². The quantitative estimate of drug-likeness (QED) is 0.759. The Balaban J connectivity index is 1.58. The standard InChI is InChI=1S/C22H25F3N4O2/c1-15(20(30)27-18-7-3-5-16(13-18)21(31)26-2)28-9-11-29(12-10-28)19-8-4-6-17(14-19)22(23,24)25/h3-8,13-15H,9-12H2,1-2H3,(H,26,31)(H,27,30). The average molecular weight is 434 g/mol. The fourth-order valence-corrected chi connectivity index (χ4v) is 3.54. The smallest absolute Gasteiger partial charge is 0.369 e. The van der Waals surface area contributed by atoms with Gasteiger partial charge in [0, 0.05) is 50.2 Å². The van der Waals surface area contributed by atoms with Crippen molar-refractivity contribution in [2.24, 2.45) is 0 Å². The third-order valence-electron chi connectivity index (χ3n) is 5.40. The second kappa shape index (κ2) is 9.38. The summed E-state index contributed by atoms with van der Waals surface area (Å²) >= 11 is 0. The first-order chi connectivity index (χ1) is 14.7. The number of alkyl halides is 3. The number of carbonyl (C=O) groups excluding carboxylic acids is 2. The van der Waals surface area contributed by atoms with Crippen molar-refractivity contribution in [3.63, 3.8) is 0 Å². The van der Waals surface area contributed by atoms with Crippen LogP contribution in [0.4, 0.5) is 24.5 Å². The lowest BCUT2D eigenvalue weighted by Crippen LogP contribution is -2.52. The SMILES string of the molecule is CNC(=O)c1cccc(NC(=O)C(C)N2CCN(c3cccc(C(F)(F)F)c3)CC2)c1. The molecule has 1 unspecified atom stereocenters. The van der Waals surface area contributed by atoms with E-state index in [-0.39, 0.29) is 11.8 Å². The summed E-state index contributed by atoms with van der Waals surface area (Å²) in [6.45, 7) is 3.92. The molecule has 1 fully saturated rings. The lowest BCUT2D eigenvalue weighted by Gasteiger charge is -2.38. The minimum atomic E-state index is -4.38. The summed E-state index contributed by atoms with van der Waals surface area (Å²) in [5.74, 6) is -0.448. The van der Waals surface area contributed by atoms with Gasteiger partial charge in [-0.25, -0.2) is 0 Å². The van der Waals surface area contributed by atoms with Gasteiger partial charge in [0.2, 0.25) is 5.91 Å². The van der Waals surface area contributed by atoms with Crippen LogP contribution in [0.25, 0.3) is 0 Å². The Morgan fingerprint density at radius 3 is 2.32 bits per heavy atom. The zero-order valence-corrected chi connectivity index (χ0v) is 17.4. The van der Waals surface area contributed by atoms with E-state index in [9.17, 15) is 22.8 Å². The van der Waals surface area contributed by atoms with E-state index < -0.39 is 17.8 Å². The van der Waals surface area contributed by atoms with Crippen LogP contribution < -0.4 is 15.5 Å². The van der Waals surface area contributed by atoms with Crippen molar-refractivity contribution < 1.29 is 22.8 Å². The second-order valence-corrected chi connectivity index (χ2v) is 7.40. The molecule has 0 aromatic heterocycles. The van der Waals surface area contributed by atoms with Crippen molar-refractivity contribution in [3.8, 4) is 0 Å². The fourth-order valence-electron chi connectivity index (χ4n) is 3.54. The zero-order valence-electron chi connectivity index (χ0n) is 17.4. The van der Waals surface area contributed by atoms with E-state index in [1.54, 1.807) is 37.3 Å². The molecule has 2 N–H and O–H groups in total. The lowest BCUT2D eigenvalue weighted by atomic mass is 10.1. The summed E-state index contributed by atoms with van der Waals surface area (Å²) in [6, 6.07) is 11.5. The van der Waals surface area contributed by atoms with Crippen LogP contribution in [-0.4, -0.2) is 56.0 Å². The Hall–Kier alpha value is -3.07. The van der Waals surface area contributed by atoms with E-state index in [1.165, 1.54) is 13.1 Å². The van der Waals surface area contributed by atoms with Crippen molar-refractivity contribution in [2.45, 2.75) is 19.1 Å². The number of halogens is 3. The van der Waals surface area contributed by atoms with Gasteiger partial charge >= 0.3 is 6.18 Å². The summed E-state index contributed by atoms with van der Waals surface area (Å²) in [4.78, 5) is 28.3. The summed E-state index contributed by atoms with van der Waals surface area (Å²) in [7, 11) is 1.54. The fraction of sp³-hybridized carbons (Fsp3) is 0.364. The Bertz CT molecular complexity index is 940. The highest BCUT2D eigenvalue weighted by atomic mass is 19.4. The van der Waals surface area contributed by atoms with Crippen molar-refractivity contribution in [1.29, 1.82) is 0 Å². The van der Waals surface area contributed by atoms with Gasteiger partial charge in [-0.3, -0.25) is 14.5 Å². The van der Waals surface area contributed by atoms with Crippen LogP contribution in [0, 0.1) is 0 Å². The van der Waals surface area contributed by atoms with Crippen molar-refractivity contribution in [1.82, 2.24) is 10.2 Å². The van der Waals surface area contributed by atoms with E-state index in [1.807, 2.05) is 9.80 Å². The number of carbonyl (C=O) groups is 2. The van der Waals surface area contributed by atoms with Crippen LogP contribution in [0.1, 0.15) is 22.8 Å². The Morgan fingerprint density at radius 2 is 1.68 bits per heavy atom. The van der Waals surface area contributed by atoms with Crippen LogP contribution >= 0.6 is 0 Å². The first-order valence-corrected chi connectivity index (χ1v) is 9.98. The van der Waals surface area contributed by atoms with Crippen molar-refractivity contribution in [3.05, 3.63) is 59.7 Å². The van der Waals surface area contributed by atoms with E-state index in [0.29, 0.717) is 43.1 Å². The molecule has 0 saturated carbocycles. The molecule has 0 bridgehead atoms. The molecule has 166 valence electrons. The molecule has 2 amide bonds. The van der Waals surface area contributed by atoms with Crippen LogP contribution in [0.15, 0.2) is 48.5 Å². The topological polar surface area (TPSA) is 64.7 Å². The van der Waals surface area contributed by atoms with Gasteiger partial charge in [-0.05, 0) is 43.3 Å². The highest BCUT2D eigenvalue weighted by molar-refractivity contribution is 5.98. The van der Waals surface area contributed by atoms with Crippen LogP contribution in [-0.2, 0) is 11.0 Å². The monoisotopic (exact) mass is 434 g/mol. The number of nitrogens with one attached hydrogen (secondary N) is 2. The second-order valence-electron chi connectivity index (χ2n) is 7.40. The number of nitrogens with zero attached hydrogens (tertiary/aromatic N) is 2. The van der Waals surface area contributed by atoms with Gasteiger partial charge in [0.05, 0.1) is 11.6 Å². The Labute approximate surface area is 179 Å². The molecule has 1 aliphatic heterocycles. The maximum absolute atomic E-state index is 13.0. The van der Waals surface area contributed by atoms with Gasteiger partial charge in [0.15, 0.2) is 0 Å². The lowest BCUT2D eigenvalue weighted by molar-refractivity contribution is -0.137. The molecule has 1 atom stereocenters. The molecular weight excluding hydrogens is 409 g/mol. The van der Waals surface area contributed by atoms with Gasteiger partial charge in [0.1, 0.15) is 0 Å². The normalized spacial score (nSPS) is 16.0. The molecule has 0 spiro atoms. The number of hydrogen-bond acceptors (Lipinski definition) is 4. The zero-order chi connectivity index (χ0) is 22.6. The van der Waals surface area contributed by atoms with Gasteiger partial charge < -0.3 is 15.5 Å². The first-order valence-electron chi connectivity index (χ1n) is 9.98. The maximum Gasteiger partial charge on any atom is 0.416 e. The molecule has 3 rings (SSSR count). The van der Waals surface area contributed by atoms with Crippen molar-refractivity contribution >= 4 is 23.2 Å². The van der Waals surface area contributed by atoms with Gasteiger partial charge in [0.25, 0.3) is 5.91 Å². The molecule has 2 aromatic carbocycles. The summed E-state index contributed by atoms with van der Waals surface area (Å²) in [5.41, 5.74) is 0.833. The molecule has 9 heteroatoms. The van der Waals surface area contributed by atoms with Gasteiger partial charge in [-0.15, -0.1) is 0 Å². The van der Waals surface area contributed by atoms with E-state index >= 15 is 0 Å². The summed E-state index contributed by atoms with van der Waals surface area (Å²) in [6.07, 6.45) is -4.38. The van der Waals surface area contributed by atoms with Gasteiger partial charge in [-0.2, -0.15) is 13.2 Å². The molecule has 0 radical (unpaired) electrons. The predicted octanol–water partition coefficient (Wildman–Crippen LogP) is 3.21. The molecule has 0 aliphatic carbocycles. The maximum atomic E-state index is 13.0. The van der Waals surface area contributed by atoms with Crippen LogP contribution in [0.5, 0.6) is 0 Å². The summed E-state index contributed by atoms with van der Waals surface area (Å²) in [5, 5.41) is 5.36. The average Bonchev–Trinajstić information content (AvgIpc) is 2.77. The number of amides is 2. The Morgan fingerprint density at radius 1 is 1.00 bits per heavy atom. The van der Waals surface area contributed by atoms with Crippen molar-refractivity contribution in [2.75, 3.05) is 43.4 Å².